The van der Waals surface area contributed by atoms with Gasteiger partial charge in [0.1, 0.15) is 0 Å². The first-order valence-corrected chi connectivity index (χ1v) is 3.91. The molecule has 0 saturated heterocycles. The summed E-state index contributed by atoms with van der Waals surface area (Å²) in [5, 5.41) is 0. The summed E-state index contributed by atoms with van der Waals surface area (Å²) in [5.41, 5.74) is 4.57. The van der Waals surface area contributed by atoms with E-state index in [1.165, 1.54) is 0 Å². The van der Waals surface area contributed by atoms with Gasteiger partial charge in [-0.15, -0.1) is 0 Å². The Morgan fingerprint density at radius 1 is 1.29 bits per heavy atom. The van der Waals surface area contributed by atoms with Crippen molar-refractivity contribution in [3.05, 3.63) is 35.4 Å². The Hall–Kier alpha value is -1.10. The van der Waals surface area contributed by atoms with Crippen molar-refractivity contribution < 1.29 is 17.6 Å². The van der Waals surface area contributed by atoms with Gasteiger partial charge in [-0.1, -0.05) is 12.1 Å². The third kappa shape index (κ3) is 2.04. The van der Waals surface area contributed by atoms with Gasteiger partial charge in [-0.05, 0) is 6.07 Å². The second-order valence-corrected chi connectivity index (χ2v) is 3.08. The van der Waals surface area contributed by atoms with Gasteiger partial charge in [0.05, 0.1) is 6.04 Å². The number of nitrogens with two attached hydrogens (primary N) is 1. The quantitative estimate of drug-likeness (QED) is 0.741. The Kier molecular flexibility index (Phi) is 2.80. The van der Waals surface area contributed by atoms with Gasteiger partial charge in [0, 0.05) is 12.5 Å². The maximum absolute atomic E-state index is 13.0. The zero-order chi connectivity index (χ0) is 10.9. The molecule has 14 heavy (non-hydrogen) atoms. The van der Waals surface area contributed by atoms with Crippen LogP contribution in [-0.2, 0) is 0 Å². The van der Waals surface area contributed by atoms with E-state index in [-0.39, 0.29) is 0 Å². The highest BCUT2D eigenvalue weighted by atomic mass is 19.3. The SMILES string of the molecule is CC(F)(F)C(N)c1cccc(F)c1F. The molecule has 2 N–H and O–H groups in total. The van der Waals surface area contributed by atoms with E-state index in [9.17, 15) is 17.6 Å². The number of rotatable bonds is 2. The molecule has 1 unspecified atom stereocenters. The van der Waals surface area contributed by atoms with E-state index in [4.69, 9.17) is 5.73 Å². The van der Waals surface area contributed by atoms with Crippen LogP contribution in [0.3, 0.4) is 0 Å². The van der Waals surface area contributed by atoms with Crippen LogP contribution in [0.15, 0.2) is 18.2 Å². The monoisotopic (exact) mass is 207 g/mol. The van der Waals surface area contributed by atoms with Crippen molar-refractivity contribution in [2.45, 2.75) is 18.9 Å². The van der Waals surface area contributed by atoms with Crippen LogP contribution in [0.1, 0.15) is 18.5 Å². The molecule has 0 aliphatic rings. The predicted molar refractivity (Wildman–Crippen MR) is 43.9 cm³/mol. The van der Waals surface area contributed by atoms with Crippen molar-refractivity contribution in [1.82, 2.24) is 0 Å². The third-order valence-electron chi connectivity index (χ3n) is 1.86. The molecule has 0 amide bonds. The molecule has 0 radical (unpaired) electrons. The zero-order valence-electron chi connectivity index (χ0n) is 7.40. The van der Waals surface area contributed by atoms with Gasteiger partial charge in [-0.2, -0.15) is 0 Å². The van der Waals surface area contributed by atoms with E-state index < -0.39 is 29.2 Å². The minimum atomic E-state index is -3.28. The van der Waals surface area contributed by atoms with Crippen molar-refractivity contribution in [3.8, 4) is 0 Å². The van der Waals surface area contributed by atoms with Crippen LogP contribution in [0.5, 0.6) is 0 Å². The molecule has 0 aliphatic heterocycles. The second-order valence-electron chi connectivity index (χ2n) is 3.08. The lowest BCUT2D eigenvalue weighted by Gasteiger charge is -2.19. The van der Waals surface area contributed by atoms with Crippen LogP contribution < -0.4 is 5.73 Å². The fourth-order valence-electron chi connectivity index (χ4n) is 1.03. The summed E-state index contributed by atoms with van der Waals surface area (Å²) in [6.45, 7) is 0.558. The zero-order valence-corrected chi connectivity index (χ0v) is 7.40. The molecule has 0 fully saturated rings. The molecule has 1 aromatic rings. The summed E-state index contributed by atoms with van der Waals surface area (Å²) in [4.78, 5) is 0. The van der Waals surface area contributed by atoms with Crippen LogP contribution >= 0.6 is 0 Å². The van der Waals surface area contributed by atoms with Gasteiger partial charge in [-0.3, -0.25) is 0 Å². The average Bonchev–Trinajstić information content (AvgIpc) is 2.07. The molecule has 0 saturated carbocycles. The van der Waals surface area contributed by atoms with Crippen molar-refractivity contribution in [3.63, 3.8) is 0 Å². The number of halogens is 4. The Labute approximate surface area is 78.5 Å². The first-order chi connectivity index (χ1) is 6.34. The highest BCUT2D eigenvalue weighted by Gasteiger charge is 2.34. The van der Waals surface area contributed by atoms with Gasteiger partial charge >= 0.3 is 0 Å². The number of alkyl halides is 2. The molecule has 0 aliphatic carbocycles. The molecule has 1 aromatic carbocycles. The smallest absolute Gasteiger partial charge is 0.264 e. The van der Waals surface area contributed by atoms with Gasteiger partial charge < -0.3 is 5.73 Å². The molecule has 5 heteroatoms. The molecular formula is C9H9F4N. The topological polar surface area (TPSA) is 26.0 Å². The minimum Gasteiger partial charge on any atom is -0.319 e. The minimum absolute atomic E-state index is 0.516. The Bertz CT molecular complexity index is 332. The summed E-state index contributed by atoms with van der Waals surface area (Å²) in [5.74, 6) is -5.78. The molecule has 0 aromatic heterocycles. The molecule has 1 nitrogen and oxygen atoms in total. The molecular weight excluding hydrogens is 198 g/mol. The Morgan fingerprint density at radius 2 is 1.86 bits per heavy atom. The van der Waals surface area contributed by atoms with Crippen molar-refractivity contribution >= 4 is 0 Å². The average molecular weight is 207 g/mol. The van der Waals surface area contributed by atoms with E-state index in [1.807, 2.05) is 0 Å². The second kappa shape index (κ2) is 3.57. The third-order valence-corrected chi connectivity index (χ3v) is 1.86. The van der Waals surface area contributed by atoms with Crippen LogP contribution in [-0.4, -0.2) is 5.92 Å². The van der Waals surface area contributed by atoms with Crippen LogP contribution in [0.2, 0.25) is 0 Å². The van der Waals surface area contributed by atoms with E-state index in [0.29, 0.717) is 6.92 Å². The van der Waals surface area contributed by atoms with Crippen molar-refractivity contribution in [2.24, 2.45) is 5.73 Å². The lowest BCUT2D eigenvalue weighted by atomic mass is 10.0. The number of benzene rings is 1. The molecule has 0 spiro atoms. The Morgan fingerprint density at radius 3 is 2.36 bits per heavy atom. The summed E-state index contributed by atoms with van der Waals surface area (Å²) < 4.78 is 51.0. The van der Waals surface area contributed by atoms with Gasteiger partial charge in [-0.25, -0.2) is 17.6 Å². The molecule has 1 atom stereocenters. The molecule has 0 heterocycles. The lowest BCUT2D eigenvalue weighted by molar-refractivity contribution is -0.00739. The maximum atomic E-state index is 13.0. The van der Waals surface area contributed by atoms with E-state index >= 15 is 0 Å². The fourth-order valence-corrected chi connectivity index (χ4v) is 1.03. The summed E-state index contributed by atoms with van der Waals surface area (Å²) >= 11 is 0. The highest BCUT2D eigenvalue weighted by Crippen LogP contribution is 2.30. The standard InChI is InChI=1S/C9H9F4N/c1-9(12,13)8(14)5-3-2-4-6(10)7(5)11/h2-4,8H,14H2,1H3. The summed E-state index contributed by atoms with van der Waals surface area (Å²) in [7, 11) is 0. The maximum Gasteiger partial charge on any atom is 0.264 e. The van der Waals surface area contributed by atoms with E-state index in [0.717, 1.165) is 18.2 Å². The molecule has 78 valence electrons. The largest absolute Gasteiger partial charge is 0.319 e. The van der Waals surface area contributed by atoms with E-state index in [1.54, 1.807) is 0 Å². The van der Waals surface area contributed by atoms with Crippen molar-refractivity contribution in [1.29, 1.82) is 0 Å². The first-order valence-electron chi connectivity index (χ1n) is 3.91. The van der Waals surface area contributed by atoms with Crippen LogP contribution in [0.25, 0.3) is 0 Å². The number of hydrogen-bond acceptors (Lipinski definition) is 1. The van der Waals surface area contributed by atoms with Gasteiger partial charge in [0.25, 0.3) is 5.92 Å². The van der Waals surface area contributed by atoms with Crippen LogP contribution in [0, 0.1) is 11.6 Å². The summed E-state index contributed by atoms with van der Waals surface area (Å²) in [6.07, 6.45) is 0. The predicted octanol–water partition coefficient (Wildman–Crippen LogP) is 2.62. The van der Waals surface area contributed by atoms with Crippen LogP contribution in [0.4, 0.5) is 17.6 Å². The number of hydrogen-bond donors (Lipinski definition) is 1. The summed E-state index contributed by atoms with van der Waals surface area (Å²) in [6, 6.07) is 1.19. The first kappa shape index (κ1) is 11.0. The van der Waals surface area contributed by atoms with Gasteiger partial charge in [0.15, 0.2) is 11.6 Å². The Balaban J connectivity index is 3.14. The highest BCUT2D eigenvalue weighted by molar-refractivity contribution is 5.23. The molecule has 1 rings (SSSR count). The lowest BCUT2D eigenvalue weighted by Crippen LogP contribution is -2.30. The molecule has 0 bridgehead atoms. The van der Waals surface area contributed by atoms with Gasteiger partial charge in [0.2, 0.25) is 0 Å². The fraction of sp³-hybridized carbons (Fsp3) is 0.333. The van der Waals surface area contributed by atoms with E-state index in [2.05, 4.69) is 0 Å². The normalized spacial score (nSPS) is 14.1. The van der Waals surface area contributed by atoms with Crippen molar-refractivity contribution in [2.75, 3.05) is 0 Å².